The number of hydrogen-bond donors (Lipinski definition) is 0. The van der Waals surface area contributed by atoms with Gasteiger partial charge < -0.3 is 0 Å². The normalized spacial score (nSPS) is 10.1. The van der Waals surface area contributed by atoms with Gasteiger partial charge in [0.25, 0.3) is 0 Å². The SMILES string of the molecule is Fc1c[c-]c(-c2cccc3cccnc23)cc1.[W]. The summed E-state index contributed by atoms with van der Waals surface area (Å²) in [7, 11) is 0. The average molecular weight is 406 g/mol. The number of nitrogens with zero attached hydrogens (tertiary/aromatic N) is 1. The smallest absolute Gasteiger partial charge is 0.0379 e. The van der Waals surface area contributed by atoms with Crippen molar-refractivity contribution in [3.05, 3.63) is 66.6 Å². The molecule has 1 aromatic heterocycles. The first-order chi connectivity index (χ1) is 8.34. The largest absolute Gasteiger partial charge is 0.266 e. The average Bonchev–Trinajstić information content (AvgIpc) is 2.39. The Hall–Kier alpha value is -1.53. The molecule has 0 aliphatic rings. The molecule has 3 aromatic rings. The number of pyridine rings is 1. The minimum atomic E-state index is -0.276. The van der Waals surface area contributed by atoms with Crippen molar-refractivity contribution in [2.24, 2.45) is 0 Å². The van der Waals surface area contributed by atoms with Crippen molar-refractivity contribution in [2.75, 3.05) is 0 Å². The van der Waals surface area contributed by atoms with Gasteiger partial charge in [-0.05, 0) is 11.5 Å². The molecule has 1 nitrogen and oxygen atoms in total. The molecular weight excluding hydrogens is 397 g/mol. The second kappa shape index (κ2) is 5.41. The van der Waals surface area contributed by atoms with Crippen LogP contribution in [0.1, 0.15) is 0 Å². The number of halogens is 1. The van der Waals surface area contributed by atoms with E-state index in [4.69, 9.17) is 0 Å². The Morgan fingerprint density at radius 2 is 1.83 bits per heavy atom. The van der Waals surface area contributed by atoms with Crippen LogP contribution in [0.2, 0.25) is 0 Å². The maximum Gasteiger partial charge on any atom is 0.0379 e. The first-order valence-electron chi connectivity index (χ1n) is 5.36. The van der Waals surface area contributed by atoms with Crippen molar-refractivity contribution < 1.29 is 25.5 Å². The molecule has 0 amide bonds. The predicted octanol–water partition coefficient (Wildman–Crippen LogP) is 3.84. The molecule has 0 unspecified atom stereocenters. The Morgan fingerprint density at radius 1 is 1.00 bits per heavy atom. The summed E-state index contributed by atoms with van der Waals surface area (Å²) in [5.41, 5.74) is 2.75. The summed E-state index contributed by atoms with van der Waals surface area (Å²) in [6.45, 7) is 0. The number of para-hydroxylation sites is 1. The van der Waals surface area contributed by atoms with Gasteiger partial charge >= 0.3 is 0 Å². The van der Waals surface area contributed by atoms with Crippen molar-refractivity contribution in [2.45, 2.75) is 0 Å². The minimum absolute atomic E-state index is 0. The summed E-state index contributed by atoms with van der Waals surface area (Å²) in [6, 6.07) is 17.3. The molecule has 1 heterocycles. The summed E-state index contributed by atoms with van der Waals surface area (Å²) in [5, 5.41) is 1.07. The summed E-state index contributed by atoms with van der Waals surface area (Å²) < 4.78 is 12.9. The third-order valence-electron chi connectivity index (χ3n) is 2.70. The van der Waals surface area contributed by atoms with Gasteiger partial charge in [-0.25, -0.2) is 0 Å². The van der Waals surface area contributed by atoms with Gasteiger partial charge in [-0.3, -0.25) is 9.37 Å². The van der Waals surface area contributed by atoms with E-state index in [-0.39, 0.29) is 26.9 Å². The third kappa shape index (κ3) is 2.34. The zero-order chi connectivity index (χ0) is 11.7. The Labute approximate surface area is 119 Å². The van der Waals surface area contributed by atoms with Crippen LogP contribution in [0.3, 0.4) is 0 Å². The van der Waals surface area contributed by atoms with Crippen molar-refractivity contribution in [1.29, 1.82) is 0 Å². The molecule has 3 heteroatoms. The molecule has 3 rings (SSSR count). The molecule has 2 aromatic carbocycles. The van der Waals surface area contributed by atoms with Gasteiger partial charge in [0.05, 0.1) is 0 Å². The van der Waals surface area contributed by atoms with Gasteiger partial charge in [-0.2, -0.15) is 0 Å². The Balaban J connectivity index is 0.00000120. The molecule has 0 bridgehead atoms. The maximum absolute atomic E-state index is 12.9. The van der Waals surface area contributed by atoms with Gasteiger partial charge in [0.15, 0.2) is 0 Å². The first kappa shape index (κ1) is 12.9. The second-order valence-corrected chi connectivity index (χ2v) is 3.80. The number of rotatable bonds is 1. The van der Waals surface area contributed by atoms with Gasteiger partial charge in [0, 0.05) is 38.6 Å². The molecule has 18 heavy (non-hydrogen) atoms. The van der Waals surface area contributed by atoms with Gasteiger partial charge in [0.2, 0.25) is 0 Å². The summed E-state index contributed by atoms with van der Waals surface area (Å²) >= 11 is 0. The van der Waals surface area contributed by atoms with Crippen LogP contribution in [-0.2, 0) is 21.1 Å². The fourth-order valence-corrected chi connectivity index (χ4v) is 1.89. The molecule has 0 saturated heterocycles. The molecule has 0 spiro atoms. The van der Waals surface area contributed by atoms with Crippen LogP contribution < -0.4 is 0 Å². The zero-order valence-electron chi connectivity index (χ0n) is 9.43. The predicted molar refractivity (Wildman–Crippen MR) is 66.0 cm³/mol. The minimum Gasteiger partial charge on any atom is -0.266 e. The van der Waals surface area contributed by atoms with Crippen LogP contribution >= 0.6 is 0 Å². The van der Waals surface area contributed by atoms with Crippen LogP contribution in [-0.4, -0.2) is 4.98 Å². The molecular formula is C15H9FNW-. The maximum atomic E-state index is 12.9. The third-order valence-corrected chi connectivity index (χ3v) is 2.70. The summed E-state index contributed by atoms with van der Waals surface area (Å²) in [6.07, 6.45) is 1.76. The Kier molecular flexibility index (Phi) is 3.88. The Bertz CT molecular complexity index is 659. The monoisotopic (exact) mass is 406 g/mol. The van der Waals surface area contributed by atoms with Crippen molar-refractivity contribution >= 4 is 10.9 Å². The van der Waals surface area contributed by atoms with E-state index in [1.165, 1.54) is 12.1 Å². The topological polar surface area (TPSA) is 12.9 Å². The number of benzene rings is 2. The first-order valence-corrected chi connectivity index (χ1v) is 5.36. The van der Waals surface area contributed by atoms with E-state index < -0.39 is 0 Å². The molecule has 0 saturated carbocycles. The molecule has 88 valence electrons. The van der Waals surface area contributed by atoms with Crippen LogP contribution in [0.5, 0.6) is 0 Å². The van der Waals surface area contributed by atoms with E-state index in [9.17, 15) is 4.39 Å². The van der Waals surface area contributed by atoms with E-state index in [2.05, 4.69) is 11.1 Å². The van der Waals surface area contributed by atoms with E-state index in [0.29, 0.717) is 0 Å². The van der Waals surface area contributed by atoms with Crippen LogP contribution in [0.4, 0.5) is 4.39 Å². The van der Waals surface area contributed by atoms with Crippen LogP contribution in [0, 0.1) is 11.9 Å². The van der Waals surface area contributed by atoms with Crippen LogP contribution in [0.25, 0.3) is 22.0 Å². The number of fused-ring (bicyclic) bond motifs is 1. The van der Waals surface area contributed by atoms with Gasteiger partial charge in [0.1, 0.15) is 0 Å². The second-order valence-electron chi connectivity index (χ2n) is 3.80. The summed E-state index contributed by atoms with van der Waals surface area (Å²) in [4.78, 5) is 4.37. The fourth-order valence-electron chi connectivity index (χ4n) is 1.89. The number of hydrogen-bond acceptors (Lipinski definition) is 1. The molecule has 0 aliphatic carbocycles. The molecule has 0 N–H and O–H groups in total. The van der Waals surface area contributed by atoms with Crippen molar-refractivity contribution in [1.82, 2.24) is 4.98 Å². The Morgan fingerprint density at radius 3 is 2.61 bits per heavy atom. The molecule has 0 fully saturated rings. The fraction of sp³-hybridized carbons (Fsp3) is 0. The van der Waals surface area contributed by atoms with E-state index >= 15 is 0 Å². The van der Waals surface area contributed by atoms with Gasteiger partial charge in [-0.15, -0.1) is 29.8 Å². The molecule has 0 atom stereocenters. The molecule has 0 aliphatic heterocycles. The van der Waals surface area contributed by atoms with E-state index in [0.717, 1.165) is 22.0 Å². The van der Waals surface area contributed by atoms with Crippen molar-refractivity contribution in [3.63, 3.8) is 0 Å². The quantitative estimate of drug-likeness (QED) is 0.560. The van der Waals surface area contributed by atoms with Crippen LogP contribution in [0.15, 0.2) is 54.7 Å². The zero-order valence-corrected chi connectivity index (χ0v) is 12.4. The standard InChI is InChI=1S/C15H9FN.W/c16-13-8-6-11(7-9-13)14-5-1-3-12-4-2-10-17-15(12)14;/h1-6,8-10H;/q-1;. The molecule has 0 radical (unpaired) electrons. The van der Waals surface area contributed by atoms with Crippen molar-refractivity contribution in [3.8, 4) is 11.1 Å². The van der Waals surface area contributed by atoms with E-state index in [1.807, 2.05) is 30.3 Å². The van der Waals surface area contributed by atoms with E-state index in [1.54, 1.807) is 12.3 Å². The van der Waals surface area contributed by atoms with Gasteiger partial charge in [-0.1, -0.05) is 29.8 Å². The number of aromatic nitrogens is 1. The summed E-state index contributed by atoms with van der Waals surface area (Å²) in [5.74, 6) is -0.276.